The SMILES string of the molecule is CCC(N)(OP(O)O)OP(O)O. The van der Waals surface area contributed by atoms with Crippen molar-refractivity contribution in [1.29, 1.82) is 0 Å². The Hall–Kier alpha value is 0.580. The summed E-state index contributed by atoms with van der Waals surface area (Å²) >= 11 is 0. The average Bonchev–Trinajstić information content (AvgIpc) is 1.83. The first-order chi connectivity index (χ1) is 5.39. The topological polar surface area (TPSA) is 125 Å². The molecule has 0 aromatic carbocycles. The van der Waals surface area contributed by atoms with Crippen LogP contribution in [0.1, 0.15) is 13.3 Å². The molecule has 74 valence electrons. The standard InChI is InChI=1S/C3H11NO6P2/c1-2-3(4,9-11(5)6)10-12(7)8/h5-8H,2,4H2,1H3. The molecule has 0 unspecified atom stereocenters. The lowest BCUT2D eigenvalue weighted by Gasteiger charge is -2.27. The molecule has 0 radical (unpaired) electrons. The first kappa shape index (κ1) is 12.6. The summed E-state index contributed by atoms with van der Waals surface area (Å²) in [6.45, 7) is 1.53. The Balaban J connectivity index is 4.04. The van der Waals surface area contributed by atoms with Gasteiger partial charge in [-0.3, -0.25) is 14.8 Å². The highest BCUT2D eigenvalue weighted by molar-refractivity contribution is 7.40. The number of hydrogen-bond acceptors (Lipinski definition) is 7. The summed E-state index contributed by atoms with van der Waals surface area (Å²) in [6.07, 6.45) is 0.0485. The summed E-state index contributed by atoms with van der Waals surface area (Å²) in [5, 5.41) is 0. The highest BCUT2D eigenvalue weighted by atomic mass is 31.2. The monoisotopic (exact) mass is 219 g/mol. The fourth-order valence-corrected chi connectivity index (χ4v) is 1.37. The molecule has 0 aromatic rings. The van der Waals surface area contributed by atoms with Crippen LogP contribution in [-0.4, -0.2) is 25.5 Å². The van der Waals surface area contributed by atoms with Crippen LogP contribution in [0.15, 0.2) is 0 Å². The Morgan fingerprint density at radius 1 is 1.17 bits per heavy atom. The maximum atomic E-state index is 8.41. The van der Waals surface area contributed by atoms with Gasteiger partial charge in [0.25, 0.3) is 0 Å². The van der Waals surface area contributed by atoms with Gasteiger partial charge in [-0.05, 0) is 0 Å². The molecule has 9 heteroatoms. The summed E-state index contributed by atoms with van der Waals surface area (Å²) < 4.78 is 8.65. The van der Waals surface area contributed by atoms with Gasteiger partial charge in [-0.1, -0.05) is 6.92 Å². The molecular weight excluding hydrogens is 208 g/mol. The van der Waals surface area contributed by atoms with Gasteiger partial charge < -0.3 is 19.6 Å². The molecule has 12 heavy (non-hydrogen) atoms. The second kappa shape index (κ2) is 5.34. The van der Waals surface area contributed by atoms with Gasteiger partial charge in [-0.2, -0.15) is 0 Å². The van der Waals surface area contributed by atoms with Crippen LogP contribution in [0.3, 0.4) is 0 Å². The van der Waals surface area contributed by atoms with E-state index in [4.69, 9.17) is 25.3 Å². The van der Waals surface area contributed by atoms with Crippen LogP contribution < -0.4 is 5.73 Å². The Morgan fingerprint density at radius 3 is 1.67 bits per heavy atom. The summed E-state index contributed by atoms with van der Waals surface area (Å²) in [5.74, 6) is -1.86. The van der Waals surface area contributed by atoms with Gasteiger partial charge in [0.1, 0.15) is 0 Å². The Morgan fingerprint density at radius 2 is 1.50 bits per heavy atom. The van der Waals surface area contributed by atoms with E-state index in [0.717, 1.165) is 0 Å². The molecule has 0 heterocycles. The van der Waals surface area contributed by atoms with Crippen molar-refractivity contribution < 1.29 is 28.6 Å². The molecule has 0 saturated carbocycles. The van der Waals surface area contributed by atoms with Gasteiger partial charge in [0.2, 0.25) is 5.91 Å². The highest BCUT2D eigenvalue weighted by Gasteiger charge is 2.31. The first-order valence-corrected chi connectivity index (χ1v) is 5.25. The maximum absolute atomic E-state index is 8.41. The van der Waals surface area contributed by atoms with Crippen molar-refractivity contribution in [2.45, 2.75) is 19.3 Å². The predicted octanol–water partition coefficient (Wildman–Crippen LogP) is -0.535. The zero-order chi connectivity index (χ0) is 9.78. The molecule has 0 rings (SSSR count). The summed E-state index contributed by atoms with van der Waals surface area (Å²) in [5.41, 5.74) is 5.25. The largest absolute Gasteiger partial charge is 0.330 e. The summed E-state index contributed by atoms with van der Waals surface area (Å²) in [6, 6.07) is 0. The van der Waals surface area contributed by atoms with E-state index >= 15 is 0 Å². The molecule has 0 bridgehead atoms. The Labute approximate surface area is 71.7 Å². The lowest BCUT2D eigenvalue weighted by atomic mass is 10.4. The Kier molecular flexibility index (Phi) is 5.60. The molecule has 0 aliphatic heterocycles. The van der Waals surface area contributed by atoms with E-state index in [1.165, 1.54) is 6.92 Å². The maximum Gasteiger partial charge on any atom is 0.330 e. The number of rotatable bonds is 5. The van der Waals surface area contributed by atoms with Gasteiger partial charge in [0.05, 0.1) is 0 Å². The van der Waals surface area contributed by atoms with Crippen LogP contribution >= 0.6 is 17.2 Å². The first-order valence-electron chi connectivity index (χ1n) is 2.92. The lowest BCUT2D eigenvalue weighted by molar-refractivity contribution is -0.121. The van der Waals surface area contributed by atoms with E-state index in [0.29, 0.717) is 0 Å². The molecule has 0 aromatic heterocycles. The van der Waals surface area contributed by atoms with Crippen molar-refractivity contribution in [1.82, 2.24) is 0 Å². The molecule has 0 spiro atoms. The van der Waals surface area contributed by atoms with Crippen molar-refractivity contribution in [3.8, 4) is 0 Å². The van der Waals surface area contributed by atoms with E-state index in [1.807, 2.05) is 0 Å². The van der Waals surface area contributed by atoms with Gasteiger partial charge in [-0.15, -0.1) is 0 Å². The molecule has 0 amide bonds. The molecule has 0 atom stereocenters. The van der Waals surface area contributed by atoms with Crippen LogP contribution in [0.5, 0.6) is 0 Å². The fraction of sp³-hybridized carbons (Fsp3) is 1.00. The van der Waals surface area contributed by atoms with E-state index in [2.05, 4.69) is 9.05 Å². The Bertz CT molecular complexity index is 122. The van der Waals surface area contributed by atoms with Crippen molar-refractivity contribution in [3.05, 3.63) is 0 Å². The summed E-state index contributed by atoms with van der Waals surface area (Å²) in [4.78, 5) is 33.7. The van der Waals surface area contributed by atoms with Crippen molar-refractivity contribution in [2.24, 2.45) is 5.73 Å². The van der Waals surface area contributed by atoms with Crippen molar-refractivity contribution in [3.63, 3.8) is 0 Å². The van der Waals surface area contributed by atoms with Gasteiger partial charge >= 0.3 is 17.2 Å². The van der Waals surface area contributed by atoms with Crippen molar-refractivity contribution in [2.75, 3.05) is 0 Å². The van der Waals surface area contributed by atoms with Gasteiger partial charge in [-0.25, -0.2) is 0 Å². The van der Waals surface area contributed by atoms with Gasteiger partial charge in [0, 0.05) is 6.42 Å². The highest BCUT2D eigenvalue weighted by Crippen LogP contribution is 2.39. The minimum absolute atomic E-state index is 0.0485. The van der Waals surface area contributed by atoms with Gasteiger partial charge in [0.15, 0.2) is 0 Å². The minimum atomic E-state index is -2.69. The third-order valence-corrected chi connectivity index (χ3v) is 1.91. The zero-order valence-electron chi connectivity index (χ0n) is 6.28. The third kappa shape index (κ3) is 5.27. The number of hydrogen-bond donors (Lipinski definition) is 5. The van der Waals surface area contributed by atoms with Crippen LogP contribution in [0.4, 0.5) is 0 Å². The van der Waals surface area contributed by atoms with Crippen LogP contribution in [0.2, 0.25) is 0 Å². The second-order valence-electron chi connectivity index (χ2n) is 1.85. The molecule has 0 fully saturated rings. The molecule has 6 N–H and O–H groups in total. The quantitative estimate of drug-likeness (QED) is 0.310. The predicted molar refractivity (Wildman–Crippen MR) is 42.1 cm³/mol. The molecule has 0 aliphatic rings. The molecule has 7 nitrogen and oxygen atoms in total. The van der Waals surface area contributed by atoms with Crippen molar-refractivity contribution >= 4 is 17.2 Å². The molecule has 0 aliphatic carbocycles. The fourth-order valence-electron chi connectivity index (χ4n) is 0.422. The third-order valence-electron chi connectivity index (χ3n) is 0.965. The van der Waals surface area contributed by atoms with E-state index < -0.39 is 23.1 Å². The number of nitrogens with two attached hydrogens (primary N) is 1. The van der Waals surface area contributed by atoms with Crippen LogP contribution in [-0.2, 0) is 9.05 Å². The average molecular weight is 219 g/mol. The molecule has 0 saturated heterocycles. The lowest BCUT2D eigenvalue weighted by Crippen LogP contribution is -2.42. The van der Waals surface area contributed by atoms with E-state index in [-0.39, 0.29) is 6.42 Å². The van der Waals surface area contributed by atoms with E-state index in [1.54, 1.807) is 0 Å². The molecular formula is C3H11NO6P2. The second-order valence-corrected chi connectivity index (χ2v) is 3.23. The smallest absolute Gasteiger partial charge is 0.328 e. The van der Waals surface area contributed by atoms with E-state index in [9.17, 15) is 0 Å². The van der Waals surface area contributed by atoms with Crippen LogP contribution in [0, 0.1) is 0 Å². The normalized spacial score (nSPS) is 13.0. The zero-order valence-corrected chi connectivity index (χ0v) is 8.07. The minimum Gasteiger partial charge on any atom is -0.328 e. The summed E-state index contributed by atoms with van der Waals surface area (Å²) in [7, 11) is -5.37. The van der Waals surface area contributed by atoms with Crippen LogP contribution in [0.25, 0.3) is 0 Å².